The van der Waals surface area contributed by atoms with Gasteiger partial charge in [-0.1, -0.05) is 78.6 Å². The minimum Gasteiger partial charge on any atom is -0.268 e. The van der Waals surface area contributed by atoms with Gasteiger partial charge >= 0.3 is 0 Å². The molecule has 23 heavy (non-hydrogen) atoms. The minimum atomic E-state index is -0.0630. The van der Waals surface area contributed by atoms with Gasteiger partial charge in [-0.25, -0.2) is 0 Å². The van der Waals surface area contributed by atoms with Gasteiger partial charge in [0, 0.05) is 0 Å². The first-order valence-electron chi connectivity index (χ1n) is 7.21. The molecule has 1 aliphatic rings. The Morgan fingerprint density at radius 3 is 2.30 bits per heavy atom. The van der Waals surface area contributed by atoms with Crippen LogP contribution in [0.4, 0.5) is 5.69 Å². The van der Waals surface area contributed by atoms with Crippen LogP contribution in [0.15, 0.2) is 77.2 Å². The summed E-state index contributed by atoms with van der Waals surface area (Å²) < 4.78 is 0.569. The van der Waals surface area contributed by atoms with Crippen molar-refractivity contribution in [3.05, 3.63) is 82.8 Å². The van der Waals surface area contributed by atoms with Crippen molar-refractivity contribution in [3.63, 3.8) is 0 Å². The molecule has 1 fully saturated rings. The fraction of sp³-hybridized carbons (Fsp3) is 0.0526. The molecule has 0 atom stereocenters. The fourth-order valence-corrected chi connectivity index (χ4v) is 3.68. The maximum absolute atomic E-state index is 12.6. The number of benzene rings is 2. The largest absolute Gasteiger partial charge is 0.270 e. The quantitative estimate of drug-likeness (QED) is 0.578. The number of allylic oxidation sites excluding steroid dienone is 2. The number of para-hydroxylation sites is 1. The van der Waals surface area contributed by atoms with Crippen molar-refractivity contribution in [2.75, 3.05) is 4.90 Å². The van der Waals surface area contributed by atoms with Gasteiger partial charge in [0.25, 0.3) is 5.91 Å². The summed E-state index contributed by atoms with van der Waals surface area (Å²) in [6.45, 7) is 1.99. The molecule has 2 nitrogen and oxygen atoms in total. The second-order valence-electron chi connectivity index (χ2n) is 5.15. The van der Waals surface area contributed by atoms with Crippen LogP contribution >= 0.6 is 24.0 Å². The van der Waals surface area contributed by atoms with Crippen LogP contribution in [-0.4, -0.2) is 10.2 Å². The molecule has 4 heteroatoms. The molecule has 0 spiro atoms. The molecule has 1 heterocycles. The zero-order chi connectivity index (χ0) is 16.2. The molecule has 2 aromatic carbocycles. The maximum Gasteiger partial charge on any atom is 0.270 e. The Balaban J connectivity index is 1.86. The highest BCUT2D eigenvalue weighted by molar-refractivity contribution is 8.27. The summed E-state index contributed by atoms with van der Waals surface area (Å²) in [6.07, 6.45) is 3.95. The highest BCUT2D eigenvalue weighted by Gasteiger charge is 2.32. The van der Waals surface area contributed by atoms with E-state index in [1.165, 1.54) is 11.8 Å². The number of carbonyl (C=O) groups excluding carboxylic acids is 1. The van der Waals surface area contributed by atoms with Crippen LogP contribution in [0.25, 0.3) is 6.08 Å². The zero-order valence-corrected chi connectivity index (χ0v) is 14.2. The van der Waals surface area contributed by atoms with Crippen LogP contribution in [0.3, 0.4) is 0 Å². The molecule has 0 bridgehead atoms. The van der Waals surface area contributed by atoms with Gasteiger partial charge in [-0.15, -0.1) is 0 Å². The number of nitrogens with zero attached hydrogens (tertiary/aromatic N) is 1. The summed E-state index contributed by atoms with van der Waals surface area (Å²) in [7, 11) is 0. The van der Waals surface area contributed by atoms with Crippen molar-refractivity contribution in [1.29, 1.82) is 0 Å². The maximum atomic E-state index is 12.6. The van der Waals surface area contributed by atoms with E-state index in [9.17, 15) is 4.79 Å². The van der Waals surface area contributed by atoms with Crippen molar-refractivity contribution in [1.82, 2.24) is 0 Å². The van der Waals surface area contributed by atoms with E-state index >= 15 is 0 Å². The Labute approximate surface area is 145 Å². The molecule has 114 valence electrons. The number of hydrogen-bond donors (Lipinski definition) is 0. The van der Waals surface area contributed by atoms with Gasteiger partial charge in [0.1, 0.15) is 0 Å². The number of thioether (sulfide) groups is 1. The lowest BCUT2D eigenvalue weighted by Crippen LogP contribution is -2.27. The summed E-state index contributed by atoms with van der Waals surface area (Å²) in [6, 6.07) is 19.5. The minimum absolute atomic E-state index is 0.0630. The summed E-state index contributed by atoms with van der Waals surface area (Å²) in [5, 5.41) is 0. The Morgan fingerprint density at radius 2 is 1.65 bits per heavy atom. The molecule has 1 amide bonds. The van der Waals surface area contributed by atoms with E-state index < -0.39 is 0 Å². The number of amides is 1. The lowest BCUT2D eigenvalue weighted by molar-refractivity contribution is -0.113. The number of rotatable bonds is 3. The van der Waals surface area contributed by atoms with E-state index in [-0.39, 0.29) is 5.91 Å². The molecule has 1 saturated heterocycles. The standard InChI is InChI=1S/C19H15NOS2/c1-14(12-15-8-4-2-5-9-15)13-17-18(21)20(19(22)23-17)16-10-6-3-7-11-16/h2-13H,1H3/b14-12+,17-13+. The molecule has 0 aliphatic carbocycles. The Bertz CT molecular complexity index is 795. The third-order valence-corrected chi connectivity index (χ3v) is 4.66. The van der Waals surface area contributed by atoms with Crippen LogP contribution in [0.1, 0.15) is 12.5 Å². The summed E-state index contributed by atoms with van der Waals surface area (Å²) in [5.74, 6) is -0.0630. The number of hydrogen-bond acceptors (Lipinski definition) is 3. The average Bonchev–Trinajstić information content (AvgIpc) is 2.83. The zero-order valence-electron chi connectivity index (χ0n) is 12.6. The predicted octanol–water partition coefficient (Wildman–Crippen LogP) is 5.04. The molecule has 1 aliphatic heterocycles. The van der Waals surface area contributed by atoms with Gasteiger partial charge in [0.05, 0.1) is 10.6 Å². The lowest BCUT2D eigenvalue weighted by Gasteiger charge is -2.13. The van der Waals surface area contributed by atoms with Crippen LogP contribution < -0.4 is 4.90 Å². The molecule has 3 rings (SSSR count). The Hall–Kier alpha value is -2.17. The lowest BCUT2D eigenvalue weighted by atomic mass is 10.1. The molecule has 0 saturated carbocycles. The Kier molecular flexibility index (Phi) is 4.74. The van der Waals surface area contributed by atoms with Crippen LogP contribution in [0.5, 0.6) is 0 Å². The highest BCUT2D eigenvalue weighted by Crippen LogP contribution is 2.35. The van der Waals surface area contributed by atoms with E-state index in [2.05, 4.69) is 6.08 Å². The first-order chi connectivity index (χ1) is 11.1. The van der Waals surface area contributed by atoms with E-state index in [1.807, 2.05) is 73.7 Å². The summed E-state index contributed by atoms with van der Waals surface area (Å²) in [4.78, 5) is 14.9. The number of anilines is 1. The summed E-state index contributed by atoms with van der Waals surface area (Å²) >= 11 is 6.71. The van der Waals surface area contributed by atoms with E-state index in [0.717, 1.165) is 16.8 Å². The molecule has 0 N–H and O–H groups in total. The smallest absolute Gasteiger partial charge is 0.268 e. The van der Waals surface area contributed by atoms with Gasteiger partial charge in [0.2, 0.25) is 0 Å². The van der Waals surface area contributed by atoms with Crippen molar-refractivity contribution < 1.29 is 4.79 Å². The third-order valence-electron chi connectivity index (χ3n) is 3.36. The van der Waals surface area contributed by atoms with Crippen molar-refractivity contribution >= 4 is 46.0 Å². The van der Waals surface area contributed by atoms with Crippen molar-refractivity contribution in [2.24, 2.45) is 0 Å². The fourth-order valence-electron chi connectivity index (χ4n) is 2.33. The van der Waals surface area contributed by atoms with Crippen LogP contribution in [0.2, 0.25) is 0 Å². The topological polar surface area (TPSA) is 20.3 Å². The number of thiocarbonyl (C=S) groups is 1. The first kappa shape index (κ1) is 15.7. The van der Waals surface area contributed by atoms with Crippen molar-refractivity contribution in [2.45, 2.75) is 6.92 Å². The van der Waals surface area contributed by atoms with Crippen molar-refractivity contribution in [3.8, 4) is 0 Å². The first-order valence-corrected chi connectivity index (χ1v) is 8.44. The molecule has 0 unspecified atom stereocenters. The third kappa shape index (κ3) is 3.60. The van der Waals surface area contributed by atoms with E-state index in [4.69, 9.17) is 12.2 Å². The SMILES string of the molecule is CC(=C\c1ccccc1)/C=C1/SC(=S)N(c2ccccc2)C1=O. The molecule has 0 radical (unpaired) electrons. The van der Waals surface area contributed by atoms with Crippen LogP contribution in [-0.2, 0) is 4.79 Å². The monoisotopic (exact) mass is 337 g/mol. The summed E-state index contributed by atoms with van der Waals surface area (Å²) in [5.41, 5.74) is 2.94. The van der Waals surface area contributed by atoms with Gasteiger partial charge in [-0.3, -0.25) is 9.69 Å². The highest BCUT2D eigenvalue weighted by atomic mass is 32.2. The van der Waals surface area contributed by atoms with Gasteiger partial charge in [-0.2, -0.15) is 0 Å². The van der Waals surface area contributed by atoms with Crippen LogP contribution in [0, 0.1) is 0 Å². The second kappa shape index (κ2) is 6.94. The predicted molar refractivity (Wildman–Crippen MR) is 102 cm³/mol. The second-order valence-corrected chi connectivity index (χ2v) is 6.83. The average molecular weight is 337 g/mol. The normalized spacial score (nSPS) is 17.2. The molecule has 0 aromatic heterocycles. The molecular weight excluding hydrogens is 322 g/mol. The molecule has 2 aromatic rings. The van der Waals surface area contributed by atoms with E-state index in [0.29, 0.717) is 9.23 Å². The van der Waals surface area contributed by atoms with Gasteiger partial charge in [-0.05, 0) is 36.3 Å². The Morgan fingerprint density at radius 1 is 1.04 bits per heavy atom. The molecular formula is C19H15NOS2. The van der Waals surface area contributed by atoms with Gasteiger partial charge in [0.15, 0.2) is 4.32 Å². The van der Waals surface area contributed by atoms with E-state index in [1.54, 1.807) is 4.90 Å². The number of carbonyl (C=O) groups is 1. The van der Waals surface area contributed by atoms with Gasteiger partial charge < -0.3 is 0 Å².